The van der Waals surface area contributed by atoms with Gasteiger partial charge in [0.25, 0.3) is 0 Å². The van der Waals surface area contributed by atoms with Crippen LogP contribution in [0.2, 0.25) is 0 Å². The molecule has 1 aliphatic rings. The highest BCUT2D eigenvalue weighted by Gasteiger charge is 2.40. The Morgan fingerprint density at radius 1 is 1.43 bits per heavy atom. The average Bonchev–Trinajstić information content (AvgIpc) is 2.50. The molecule has 21 heavy (non-hydrogen) atoms. The Morgan fingerprint density at radius 2 is 2.19 bits per heavy atom. The first-order chi connectivity index (χ1) is 10.1. The lowest BCUT2D eigenvalue weighted by Crippen LogP contribution is -2.50. The van der Waals surface area contributed by atoms with Gasteiger partial charge in [-0.25, -0.2) is 0 Å². The van der Waals surface area contributed by atoms with Gasteiger partial charge in [-0.3, -0.25) is 4.79 Å². The molecule has 0 radical (unpaired) electrons. The molecule has 0 aromatic heterocycles. The first kappa shape index (κ1) is 15.8. The number of benzene rings is 1. The van der Waals surface area contributed by atoms with Gasteiger partial charge in [0.1, 0.15) is 5.75 Å². The van der Waals surface area contributed by atoms with Crippen LogP contribution in [0.3, 0.4) is 0 Å². The highest BCUT2D eigenvalue weighted by atomic mass is 16.3. The van der Waals surface area contributed by atoms with Crippen LogP contribution in [0.5, 0.6) is 5.75 Å². The summed E-state index contributed by atoms with van der Waals surface area (Å²) in [5.74, 6) is 0.447. The van der Waals surface area contributed by atoms with Crippen molar-refractivity contribution in [2.75, 3.05) is 20.1 Å². The third-order valence-electron chi connectivity index (χ3n) is 4.40. The van der Waals surface area contributed by atoms with E-state index in [9.17, 15) is 9.90 Å². The van der Waals surface area contributed by atoms with Crippen molar-refractivity contribution in [1.29, 1.82) is 0 Å². The molecule has 0 aliphatic carbocycles. The van der Waals surface area contributed by atoms with Gasteiger partial charge in [0.05, 0.1) is 5.41 Å². The summed E-state index contributed by atoms with van der Waals surface area (Å²) in [5.41, 5.74) is 0.523. The normalized spacial score (nSPS) is 22.0. The lowest BCUT2D eigenvalue weighted by atomic mass is 9.75. The summed E-state index contributed by atoms with van der Waals surface area (Å²) in [6.07, 6.45) is 3.94. The number of carbonyl (C=O) groups is 1. The molecule has 116 valence electrons. The summed E-state index contributed by atoms with van der Waals surface area (Å²) in [7, 11) is 1.83. The third-order valence-corrected chi connectivity index (χ3v) is 4.40. The molecule has 0 spiro atoms. The van der Waals surface area contributed by atoms with Gasteiger partial charge < -0.3 is 15.3 Å². The summed E-state index contributed by atoms with van der Waals surface area (Å²) >= 11 is 0. The Labute approximate surface area is 127 Å². The molecule has 1 fully saturated rings. The molecule has 2 rings (SSSR count). The van der Waals surface area contributed by atoms with Crippen molar-refractivity contribution in [2.45, 2.75) is 39.2 Å². The number of hydrogen-bond donors (Lipinski definition) is 2. The van der Waals surface area contributed by atoms with Gasteiger partial charge in [0.15, 0.2) is 0 Å². The SMILES string of the molecule is CCCC1(C(=O)N(C)Cc2ccccc2O)CCCNC1. The molecule has 1 aromatic rings. The molecule has 1 atom stereocenters. The molecule has 1 unspecified atom stereocenters. The second-order valence-electron chi connectivity index (χ2n) is 6.10. The monoisotopic (exact) mass is 290 g/mol. The molecule has 4 heteroatoms. The predicted octanol–water partition coefficient (Wildman–Crippen LogP) is 2.52. The van der Waals surface area contributed by atoms with Gasteiger partial charge in [-0.1, -0.05) is 31.5 Å². The Morgan fingerprint density at radius 3 is 2.81 bits per heavy atom. The molecule has 4 nitrogen and oxygen atoms in total. The zero-order valence-corrected chi connectivity index (χ0v) is 13.1. The molecular weight excluding hydrogens is 264 g/mol. The van der Waals surface area contributed by atoms with Crippen molar-refractivity contribution in [3.63, 3.8) is 0 Å². The molecule has 1 aliphatic heterocycles. The predicted molar refractivity (Wildman–Crippen MR) is 84.0 cm³/mol. The smallest absolute Gasteiger partial charge is 0.230 e. The van der Waals surface area contributed by atoms with Crippen LogP contribution in [0, 0.1) is 5.41 Å². The highest BCUT2D eigenvalue weighted by molar-refractivity contribution is 5.83. The van der Waals surface area contributed by atoms with E-state index in [1.165, 1.54) is 0 Å². The summed E-state index contributed by atoms with van der Waals surface area (Å²) in [5, 5.41) is 13.2. The van der Waals surface area contributed by atoms with Gasteiger partial charge in [-0.2, -0.15) is 0 Å². The quantitative estimate of drug-likeness (QED) is 0.876. The highest BCUT2D eigenvalue weighted by Crippen LogP contribution is 2.34. The van der Waals surface area contributed by atoms with E-state index in [0.717, 1.165) is 44.3 Å². The second kappa shape index (κ2) is 6.94. The van der Waals surface area contributed by atoms with Crippen LogP contribution in [0.25, 0.3) is 0 Å². The van der Waals surface area contributed by atoms with Crippen LogP contribution in [0.1, 0.15) is 38.2 Å². The molecule has 1 heterocycles. The minimum absolute atomic E-state index is 0.194. The Kier molecular flexibility index (Phi) is 5.23. The van der Waals surface area contributed by atoms with Crippen molar-refractivity contribution < 1.29 is 9.90 Å². The summed E-state index contributed by atoms with van der Waals surface area (Å²) in [6, 6.07) is 7.21. The Bertz CT molecular complexity index is 476. The number of aromatic hydroxyl groups is 1. The van der Waals surface area contributed by atoms with Gasteiger partial charge in [-0.15, -0.1) is 0 Å². The summed E-state index contributed by atoms with van der Waals surface area (Å²) in [4.78, 5) is 14.7. The fourth-order valence-electron chi connectivity index (χ4n) is 3.33. The molecule has 0 saturated carbocycles. The minimum Gasteiger partial charge on any atom is -0.508 e. The van der Waals surface area contributed by atoms with Crippen LogP contribution in [-0.2, 0) is 11.3 Å². The van der Waals surface area contributed by atoms with Gasteiger partial charge in [0.2, 0.25) is 5.91 Å². The van der Waals surface area contributed by atoms with Gasteiger partial charge >= 0.3 is 0 Å². The number of amides is 1. The first-order valence-electron chi connectivity index (χ1n) is 7.82. The lowest BCUT2D eigenvalue weighted by Gasteiger charge is -2.39. The third kappa shape index (κ3) is 3.56. The fraction of sp³-hybridized carbons (Fsp3) is 0.588. The number of para-hydroxylation sites is 1. The van der Waals surface area contributed by atoms with E-state index >= 15 is 0 Å². The van der Waals surface area contributed by atoms with E-state index in [2.05, 4.69) is 12.2 Å². The van der Waals surface area contributed by atoms with Crippen molar-refractivity contribution >= 4 is 5.91 Å². The summed E-state index contributed by atoms with van der Waals surface area (Å²) < 4.78 is 0. The van der Waals surface area contributed by atoms with E-state index in [1.54, 1.807) is 17.0 Å². The fourth-order valence-corrected chi connectivity index (χ4v) is 3.33. The molecular formula is C17H26N2O2. The molecule has 1 saturated heterocycles. The number of rotatable bonds is 5. The van der Waals surface area contributed by atoms with Crippen LogP contribution >= 0.6 is 0 Å². The molecule has 1 aromatic carbocycles. The van der Waals surface area contributed by atoms with E-state index in [-0.39, 0.29) is 17.1 Å². The van der Waals surface area contributed by atoms with E-state index in [1.807, 2.05) is 19.2 Å². The van der Waals surface area contributed by atoms with Gasteiger partial charge in [0, 0.05) is 25.7 Å². The van der Waals surface area contributed by atoms with Crippen molar-refractivity contribution in [2.24, 2.45) is 5.41 Å². The maximum absolute atomic E-state index is 12.9. The van der Waals surface area contributed by atoms with E-state index in [0.29, 0.717) is 6.54 Å². The van der Waals surface area contributed by atoms with Crippen molar-refractivity contribution in [1.82, 2.24) is 10.2 Å². The van der Waals surface area contributed by atoms with Crippen LogP contribution in [0.4, 0.5) is 0 Å². The molecule has 0 bridgehead atoms. The van der Waals surface area contributed by atoms with Crippen LogP contribution in [-0.4, -0.2) is 36.1 Å². The number of carbonyl (C=O) groups excluding carboxylic acids is 1. The maximum Gasteiger partial charge on any atom is 0.230 e. The second-order valence-corrected chi connectivity index (χ2v) is 6.10. The van der Waals surface area contributed by atoms with Gasteiger partial charge in [-0.05, 0) is 31.9 Å². The molecule has 2 N–H and O–H groups in total. The Hall–Kier alpha value is -1.55. The van der Waals surface area contributed by atoms with E-state index < -0.39 is 0 Å². The largest absolute Gasteiger partial charge is 0.508 e. The van der Waals surface area contributed by atoms with Crippen molar-refractivity contribution in [3.05, 3.63) is 29.8 Å². The number of phenolic OH excluding ortho intramolecular Hbond substituents is 1. The Balaban J connectivity index is 2.11. The number of hydrogen-bond acceptors (Lipinski definition) is 3. The maximum atomic E-state index is 12.9. The molecule has 1 amide bonds. The minimum atomic E-state index is -0.272. The van der Waals surface area contributed by atoms with Crippen LogP contribution in [0.15, 0.2) is 24.3 Å². The number of phenols is 1. The number of nitrogens with zero attached hydrogens (tertiary/aromatic N) is 1. The van der Waals surface area contributed by atoms with Crippen LogP contribution < -0.4 is 5.32 Å². The number of nitrogens with one attached hydrogen (secondary N) is 1. The lowest BCUT2D eigenvalue weighted by molar-refractivity contribution is -0.143. The average molecular weight is 290 g/mol. The zero-order chi connectivity index (χ0) is 15.3. The zero-order valence-electron chi connectivity index (χ0n) is 13.1. The van der Waals surface area contributed by atoms with E-state index in [4.69, 9.17) is 0 Å². The first-order valence-corrected chi connectivity index (χ1v) is 7.82. The van der Waals surface area contributed by atoms with Crippen molar-refractivity contribution in [3.8, 4) is 5.75 Å². The standard InChI is InChI=1S/C17H26N2O2/c1-3-9-17(10-6-11-18-13-17)16(21)19(2)12-14-7-4-5-8-15(14)20/h4-5,7-8,18,20H,3,6,9-13H2,1-2H3. The topological polar surface area (TPSA) is 52.6 Å². The summed E-state index contributed by atoms with van der Waals surface area (Å²) in [6.45, 7) is 4.36. The number of piperidine rings is 1.